The van der Waals surface area contributed by atoms with Gasteiger partial charge in [0.1, 0.15) is 5.75 Å². The van der Waals surface area contributed by atoms with E-state index in [1.165, 1.54) is 16.7 Å². The SMILES string of the molecule is Cc1cc(-c2cc(C(C)(C)C)cc(CBr)c2O)cc(C(C)C)c1. The summed E-state index contributed by atoms with van der Waals surface area (Å²) in [4.78, 5) is 0. The van der Waals surface area contributed by atoms with Gasteiger partial charge in [-0.2, -0.15) is 0 Å². The highest BCUT2D eigenvalue weighted by atomic mass is 79.9. The minimum absolute atomic E-state index is 0.0457. The molecule has 0 aliphatic heterocycles. The first-order valence-electron chi connectivity index (χ1n) is 8.17. The van der Waals surface area contributed by atoms with Crippen molar-refractivity contribution in [3.05, 3.63) is 52.6 Å². The van der Waals surface area contributed by atoms with Gasteiger partial charge in [-0.25, -0.2) is 0 Å². The van der Waals surface area contributed by atoms with Crippen molar-refractivity contribution in [3.63, 3.8) is 0 Å². The number of aryl methyl sites for hydroxylation is 1. The van der Waals surface area contributed by atoms with E-state index in [1.807, 2.05) is 0 Å². The molecule has 2 heteroatoms. The molecule has 0 atom stereocenters. The van der Waals surface area contributed by atoms with Crippen LogP contribution in [-0.2, 0) is 10.7 Å². The second kappa shape index (κ2) is 6.68. The number of alkyl halides is 1. The molecule has 0 heterocycles. The molecule has 2 aromatic carbocycles. The third-order valence-electron chi connectivity index (χ3n) is 4.28. The van der Waals surface area contributed by atoms with E-state index in [2.05, 4.69) is 87.8 Å². The van der Waals surface area contributed by atoms with Crippen LogP contribution in [0.5, 0.6) is 5.75 Å². The zero-order valence-corrected chi connectivity index (χ0v) is 16.6. The number of phenols is 1. The quantitative estimate of drug-likeness (QED) is 0.593. The van der Waals surface area contributed by atoms with Crippen molar-refractivity contribution in [2.45, 2.75) is 58.2 Å². The Morgan fingerprint density at radius 1 is 1.04 bits per heavy atom. The van der Waals surface area contributed by atoms with Crippen molar-refractivity contribution in [2.24, 2.45) is 0 Å². The summed E-state index contributed by atoms with van der Waals surface area (Å²) < 4.78 is 0. The lowest BCUT2D eigenvalue weighted by Crippen LogP contribution is -2.11. The molecule has 1 nitrogen and oxygen atoms in total. The first-order chi connectivity index (χ1) is 10.6. The highest BCUT2D eigenvalue weighted by Gasteiger charge is 2.19. The minimum Gasteiger partial charge on any atom is -0.507 e. The summed E-state index contributed by atoms with van der Waals surface area (Å²) >= 11 is 3.51. The standard InChI is InChI=1S/C21H27BrO/c1-13(2)15-7-14(3)8-16(9-15)19-11-18(21(4,5)6)10-17(12-22)20(19)23/h7-11,13,23H,12H2,1-6H3. The molecule has 0 aromatic heterocycles. The molecule has 0 aliphatic rings. The Kier molecular flexibility index (Phi) is 5.25. The van der Waals surface area contributed by atoms with Crippen LogP contribution in [0.15, 0.2) is 30.3 Å². The predicted octanol–water partition coefficient (Wildman–Crippen LogP) is 6.68. The van der Waals surface area contributed by atoms with E-state index >= 15 is 0 Å². The molecule has 2 rings (SSSR count). The molecule has 0 unspecified atom stereocenters. The Labute approximate surface area is 148 Å². The van der Waals surface area contributed by atoms with Crippen LogP contribution in [-0.4, -0.2) is 5.11 Å². The monoisotopic (exact) mass is 374 g/mol. The maximum Gasteiger partial charge on any atom is 0.127 e. The molecule has 1 N–H and O–H groups in total. The lowest BCUT2D eigenvalue weighted by molar-refractivity contribution is 0.471. The van der Waals surface area contributed by atoms with E-state index in [-0.39, 0.29) is 5.41 Å². The van der Waals surface area contributed by atoms with Crippen LogP contribution in [0.1, 0.15) is 62.8 Å². The zero-order chi connectivity index (χ0) is 17.4. The number of benzene rings is 2. The summed E-state index contributed by atoms with van der Waals surface area (Å²) in [5.41, 5.74) is 6.79. The maximum atomic E-state index is 10.7. The summed E-state index contributed by atoms with van der Waals surface area (Å²) in [6.07, 6.45) is 0. The second-order valence-corrected chi connectivity index (χ2v) is 8.26. The van der Waals surface area contributed by atoms with E-state index in [4.69, 9.17) is 0 Å². The Morgan fingerprint density at radius 2 is 1.70 bits per heavy atom. The fourth-order valence-electron chi connectivity index (χ4n) is 2.75. The molecule has 0 saturated heterocycles. The van der Waals surface area contributed by atoms with Gasteiger partial charge < -0.3 is 5.11 Å². The minimum atomic E-state index is 0.0457. The van der Waals surface area contributed by atoms with E-state index in [0.717, 1.165) is 16.7 Å². The Bertz CT molecular complexity index is 709. The molecule has 0 amide bonds. The topological polar surface area (TPSA) is 20.2 Å². The fourth-order valence-corrected chi connectivity index (χ4v) is 3.18. The van der Waals surface area contributed by atoms with Crippen molar-refractivity contribution in [1.29, 1.82) is 0 Å². The number of aromatic hydroxyl groups is 1. The molecule has 0 saturated carbocycles. The van der Waals surface area contributed by atoms with E-state index in [9.17, 15) is 5.11 Å². The summed E-state index contributed by atoms with van der Waals surface area (Å²) in [6, 6.07) is 10.8. The van der Waals surface area contributed by atoms with Crippen LogP contribution in [0, 0.1) is 6.92 Å². The van der Waals surface area contributed by atoms with E-state index < -0.39 is 0 Å². The van der Waals surface area contributed by atoms with Crippen molar-refractivity contribution in [2.75, 3.05) is 0 Å². The van der Waals surface area contributed by atoms with Gasteiger partial charge in [0.2, 0.25) is 0 Å². The molecular formula is C21H27BrO. The van der Waals surface area contributed by atoms with Crippen LogP contribution in [0.3, 0.4) is 0 Å². The Morgan fingerprint density at radius 3 is 2.22 bits per heavy atom. The van der Waals surface area contributed by atoms with E-state index in [1.54, 1.807) is 0 Å². The highest BCUT2D eigenvalue weighted by molar-refractivity contribution is 9.08. The largest absolute Gasteiger partial charge is 0.507 e. The summed E-state index contributed by atoms with van der Waals surface area (Å²) in [7, 11) is 0. The van der Waals surface area contributed by atoms with Crippen LogP contribution in [0.4, 0.5) is 0 Å². The molecule has 124 valence electrons. The highest BCUT2D eigenvalue weighted by Crippen LogP contribution is 2.39. The third kappa shape index (κ3) is 3.98. The van der Waals surface area contributed by atoms with Gasteiger partial charge in [0, 0.05) is 16.5 Å². The average Bonchev–Trinajstić information content (AvgIpc) is 2.45. The molecule has 0 spiro atoms. The van der Waals surface area contributed by atoms with Crippen molar-refractivity contribution < 1.29 is 5.11 Å². The number of hydrogen-bond acceptors (Lipinski definition) is 1. The van der Waals surface area contributed by atoms with Gasteiger partial charge >= 0.3 is 0 Å². The zero-order valence-electron chi connectivity index (χ0n) is 15.0. The lowest BCUT2D eigenvalue weighted by Gasteiger charge is -2.22. The van der Waals surface area contributed by atoms with Crippen molar-refractivity contribution in [3.8, 4) is 16.9 Å². The molecule has 23 heavy (non-hydrogen) atoms. The third-order valence-corrected chi connectivity index (χ3v) is 4.88. The van der Waals surface area contributed by atoms with Gasteiger partial charge in [0.15, 0.2) is 0 Å². The Hall–Kier alpha value is -1.28. The van der Waals surface area contributed by atoms with Gasteiger partial charge in [-0.05, 0) is 41.0 Å². The van der Waals surface area contributed by atoms with Crippen LogP contribution in [0.25, 0.3) is 11.1 Å². The second-order valence-electron chi connectivity index (χ2n) is 7.70. The summed E-state index contributed by atoms with van der Waals surface area (Å²) in [5.74, 6) is 0.854. The number of rotatable bonds is 3. The van der Waals surface area contributed by atoms with E-state index in [0.29, 0.717) is 17.0 Å². The average molecular weight is 375 g/mol. The smallest absolute Gasteiger partial charge is 0.127 e. The van der Waals surface area contributed by atoms with Crippen molar-refractivity contribution >= 4 is 15.9 Å². The van der Waals surface area contributed by atoms with Crippen LogP contribution >= 0.6 is 15.9 Å². The van der Waals surface area contributed by atoms with Crippen molar-refractivity contribution in [1.82, 2.24) is 0 Å². The Balaban J connectivity index is 2.72. The van der Waals surface area contributed by atoms with Crippen LogP contribution in [0.2, 0.25) is 0 Å². The molecule has 0 fully saturated rings. The van der Waals surface area contributed by atoms with Gasteiger partial charge in [-0.15, -0.1) is 0 Å². The fraction of sp³-hybridized carbons (Fsp3) is 0.429. The first-order valence-corrected chi connectivity index (χ1v) is 9.30. The normalized spacial score (nSPS) is 12.0. The van der Waals surface area contributed by atoms with Gasteiger partial charge in [0.25, 0.3) is 0 Å². The molecule has 0 radical (unpaired) electrons. The molecule has 0 aliphatic carbocycles. The molecular weight excluding hydrogens is 348 g/mol. The van der Waals surface area contributed by atoms with Gasteiger partial charge in [0.05, 0.1) is 0 Å². The van der Waals surface area contributed by atoms with Crippen LogP contribution < -0.4 is 0 Å². The maximum absolute atomic E-state index is 10.7. The number of halogens is 1. The summed E-state index contributed by atoms with van der Waals surface area (Å²) in [5, 5.41) is 11.4. The number of phenolic OH excluding ortho intramolecular Hbond substituents is 1. The summed E-state index contributed by atoms with van der Waals surface area (Å²) in [6.45, 7) is 13.1. The molecule has 2 aromatic rings. The predicted molar refractivity (Wildman–Crippen MR) is 104 cm³/mol. The first kappa shape index (κ1) is 18.1. The lowest BCUT2D eigenvalue weighted by atomic mass is 9.83. The van der Waals surface area contributed by atoms with Gasteiger partial charge in [-0.3, -0.25) is 0 Å². The van der Waals surface area contributed by atoms with Gasteiger partial charge in [-0.1, -0.05) is 80.4 Å². The number of hydrogen-bond donors (Lipinski definition) is 1. The molecule has 0 bridgehead atoms.